The van der Waals surface area contributed by atoms with Gasteiger partial charge < -0.3 is 11.1 Å². The Labute approximate surface area is 116 Å². The maximum Gasteiger partial charge on any atom is 0.246 e. The lowest BCUT2D eigenvalue weighted by atomic mass is 10.3. The highest BCUT2D eigenvalue weighted by atomic mass is 35.5. The fraction of sp³-hybridized carbons (Fsp3) is 0.231. The van der Waals surface area contributed by atoms with E-state index in [-0.39, 0.29) is 12.5 Å². The minimum absolute atomic E-state index is 0.153. The molecular formula is C13H15ClN4O. The van der Waals surface area contributed by atoms with Gasteiger partial charge in [-0.3, -0.25) is 9.48 Å². The van der Waals surface area contributed by atoms with Gasteiger partial charge in [0.25, 0.3) is 0 Å². The van der Waals surface area contributed by atoms with Crippen LogP contribution in [0.2, 0.25) is 5.02 Å². The molecule has 0 spiro atoms. The molecule has 2 rings (SSSR count). The number of hydrogen-bond acceptors (Lipinski definition) is 3. The van der Waals surface area contributed by atoms with Gasteiger partial charge >= 0.3 is 0 Å². The van der Waals surface area contributed by atoms with Crippen LogP contribution in [0.5, 0.6) is 0 Å². The van der Waals surface area contributed by atoms with E-state index < -0.39 is 0 Å². The van der Waals surface area contributed by atoms with Gasteiger partial charge in [0.05, 0.1) is 16.4 Å². The van der Waals surface area contributed by atoms with Crippen molar-refractivity contribution in [2.24, 2.45) is 0 Å². The Morgan fingerprint density at radius 2 is 2.16 bits per heavy atom. The number of aromatic nitrogens is 2. The second-order valence-corrected chi connectivity index (χ2v) is 4.78. The van der Waals surface area contributed by atoms with Gasteiger partial charge in [-0.2, -0.15) is 5.10 Å². The van der Waals surface area contributed by atoms with E-state index in [2.05, 4.69) is 10.4 Å². The Balaban J connectivity index is 2.07. The highest BCUT2D eigenvalue weighted by Gasteiger charge is 2.09. The normalized spacial score (nSPS) is 10.5. The molecule has 5 nitrogen and oxygen atoms in total. The van der Waals surface area contributed by atoms with E-state index in [9.17, 15) is 4.79 Å². The van der Waals surface area contributed by atoms with Gasteiger partial charge in [-0.25, -0.2) is 0 Å². The largest absolute Gasteiger partial charge is 0.399 e. The Hall–Kier alpha value is -2.01. The van der Waals surface area contributed by atoms with Crippen LogP contribution in [0.25, 0.3) is 0 Å². The molecule has 1 aromatic carbocycles. The molecule has 0 atom stereocenters. The number of nitrogens with two attached hydrogens (primary N) is 1. The molecule has 19 heavy (non-hydrogen) atoms. The van der Waals surface area contributed by atoms with Crippen molar-refractivity contribution < 1.29 is 4.79 Å². The molecule has 0 aliphatic carbocycles. The lowest BCUT2D eigenvalue weighted by molar-refractivity contribution is -0.116. The van der Waals surface area contributed by atoms with Gasteiger partial charge in [0, 0.05) is 11.4 Å². The predicted molar refractivity (Wildman–Crippen MR) is 76.2 cm³/mol. The van der Waals surface area contributed by atoms with Gasteiger partial charge in [-0.15, -0.1) is 0 Å². The van der Waals surface area contributed by atoms with Crippen molar-refractivity contribution in [3.05, 3.63) is 40.7 Å². The lowest BCUT2D eigenvalue weighted by Gasteiger charge is -2.08. The smallest absolute Gasteiger partial charge is 0.246 e. The number of nitrogens with one attached hydrogen (secondary N) is 1. The molecule has 0 unspecified atom stereocenters. The highest BCUT2D eigenvalue weighted by Crippen LogP contribution is 2.23. The van der Waals surface area contributed by atoms with Gasteiger partial charge in [0.1, 0.15) is 6.54 Å². The minimum Gasteiger partial charge on any atom is -0.399 e. The van der Waals surface area contributed by atoms with Crippen LogP contribution in [0.1, 0.15) is 11.4 Å². The standard InChI is InChI=1S/C13H15ClN4O/c1-8-5-9(2)18(17-8)7-13(19)16-12-4-3-10(15)6-11(12)14/h3-6H,7,15H2,1-2H3,(H,16,19). The number of amides is 1. The second-order valence-electron chi connectivity index (χ2n) is 4.37. The third-order valence-electron chi connectivity index (χ3n) is 2.66. The van der Waals surface area contributed by atoms with Gasteiger partial charge in [-0.05, 0) is 38.1 Å². The molecule has 0 aliphatic rings. The van der Waals surface area contributed by atoms with Crippen LogP contribution in [-0.4, -0.2) is 15.7 Å². The summed E-state index contributed by atoms with van der Waals surface area (Å²) in [7, 11) is 0. The van der Waals surface area contributed by atoms with E-state index in [1.165, 1.54) is 0 Å². The van der Waals surface area contributed by atoms with Crippen molar-refractivity contribution in [2.75, 3.05) is 11.1 Å². The van der Waals surface area contributed by atoms with E-state index in [0.717, 1.165) is 11.4 Å². The molecule has 1 heterocycles. The van der Waals surface area contributed by atoms with Crippen molar-refractivity contribution in [1.82, 2.24) is 9.78 Å². The summed E-state index contributed by atoms with van der Waals surface area (Å²) in [5, 5.41) is 7.38. The van der Waals surface area contributed by atoms with Crippen molar-refractivity contribution in [3.63, 3.8) is 0 Å². The SMILES string of the molecule is Cc1cc(C)n(CC(=O)Nc2ccc(N)cc2Cl)n1. The molecule has 100 valence electrons. The quantitative estimate of drug-likeness (QED) is 0.847. The van der Waals surface area contributed by atoms with Crippen LogP contribution in [0.4, 0.5) is 11.4 Å². The number of halogens is 1. The molecule has 3 N–H and O–H groups in total. The summed E-state index contributed by atoms with van der Waals surface area (Å²) in [5.74, 6) is -0.183. The fourth-order valence-corrected chi connectivity index (χ4v) is 2.03. The molecule has 0 radical (unpaired) electrons. The molecule has 0 fully saturated rings. The molecule has 0 bridgehead atoms. The Kier molecular flexibility index (Phi) is 3.76. The summed E-state index contributed by atoms with van der Waals surface area (Å²) in [6.07, 6.45) is 0. The summed E-state index contributed by atoms with van der Waals surface area (Å²) in [4.78, 5) is 11.9. The summed E-state index contributed by atoms with van der Waals surface area (Å²) in [6, 6.07) is 6.88. The number of hydrogen-bond donors (Lipinski definition) is 2. The van der Waals surface area contributed by atoms with Crippen molar-refractivity contribution in [3.8, 4) is 0 Å². The zero-order valence-corrected chi connectivity index (χ0v) is 11.5. The molecule has 2 aromatic rings. The average Bonchev–Trinajstić information content (AvgIpc) is 2.61. The van der Waals surface area contributed by atoms with Gasteiger partial charge in [0.15, 0.2) is 0 Å². The summed E-state index contributed by atoms with van der Waals surface area (Å²) >= 11 is 5.99. The molecule has 0 saturated carbocycles. The third-order valence-corrected chi connectivity index (χ3v) is 2.98. The van der Waals surface area contributed by atoms with Crippen molar-refractivity contribution >= 4 is 28.9 Å². The summed E-state index contributed by atoms with van der Waals surface area (Å²) in [5.41, 5.74) is 8.52. The maximum atomic E-state index is 11.9. The predicted octanol–water partition coefficient (Wildman–Crippen LogP) is 2.37. The van der Waals surface area contributed by atoms with E-state index in [4.69, 9.17) is 17.3 Å². The molecule has 1 aromatic heterocycles. The summed E-state index contributed by atoms with van der Waals surface area (Å²) < 4.78 is 1.65. The Bertz CT molecular complexity index is 621. The number of nitrogens with zero attached hydrogens (tertiary/aromatic N) is 2. The van der Waals surface area contributed by atoms with Crippen LogP contribution in [0.15, 0.2) is 24.3 Å². The number of anilines is 2. The number of nitrogen functional groups attached to an aromatic ring is 1. The number of benzene rings is 1. The molecule has 6 heteroatoms. The zero-order chi connectivity index (χ0) is 14.0. The molecule has 1 amide bonds. The van der Waals surface area contributed by atoms with Crippen LogP contribution in [0.3, 0.4) is 0 Å². The average molecular weight is 279 g/mol. The third kappa shape index (κ3) is 3.26. The van der Waals surface area contributed by atoms with Crippen molar-refractivity contribution in [1.29, 1.82) is 0 Å². The highest BCUT2D eigenvalue weighted by molar-refractivity contribution is 6.34. The van der Waals surface area contributed by atoms with Crippen LogP contribution >= 0.6 is 11.6 Å². The zero-order valence-electron chi connectivity index (χ0n) is 10.8. The van der Waals surface area contributed by atoms with Crippen LogP contribution in [-0.2, 0) is 11.3 Å². The lowest BCUT2D eigenvalue weighted by Crippen LogP contribution is -2.20. The first-order valence-electron chi connectivity index (χ1n) is 5.81. The first-order valence-corrected chi connectivity index (χ1v) is 6.19. The maximum absolute atomic E-state index is 11.9. The first kappa shape index (κ1) is 13.4. The molecule has 0 saturated heterocycles. The van der Waals surface area contributed by atoms with E-state index >= 15 is 0 Å². The fourth-order valence-electron chi connectivity index (χ4n) is 1.79. The number of carbonyl (C=O) groups excluding carboxylic acids is 1. The van der Waals surface area contributed by atoms with E-state index in [0.29, 0.717) is 16.4 Å². The minimum atomic E-state index is -0.183. The Morgan fingerprint density at radius 3 is 2.74 bits per heavy atom. The topological polar surface area (TPSA) is 72.9 Å². The number of aryl methyl sites for hydroxylation is 2. The van der Waals surface area contributed by atoms with Crippen LogP contribution < -0.4 is 11.1 Å². The monoisotopic (exact) mass is 278 g/mol. The second kappa shape index (κ2) is 5.32. The molecule has 0 aliphatic heterocycles. The van der Waals surface area contributed by atoms with E-state index in [1.54, 1.807) is 22.9 Å². The van der Waals surface area contributed by atoms with E-state index in [1.807, 2.05) is 19.9 Å². The van der Waals surface area contributed by atoms with Gasteiger partial charge in [0.2, 0.25) is 5.91 Å². The van der Waals surface area contributed by atoms with Crippen LogP contribution in [0, 0.1) is 13.8 Å². The Morgan fingerprint density at radius 1 is 1.42 bits per heavy atom. The first-order chi connectivity index (χ1) is 8.95. The van der Waals surface area contributed by atoms with Gasteiger partial charge in [-0.1, -0.05) is 11.6 Å². The number of rotatable bonds is 3. The molecular weight excluding hydrogens is 264 g/mol. The number of carbonyl (C=O) groups is 1. The summed E-state index contributed by atoms with van der Waals surface area (Å²) in [6.45, 7) is 3.95. The van der Waals surface area contributed by atoms with Crippen molar-refractivity contribution in [2.45, 2.75) is 20.4 Å².